The number of aromatic nitrogens is 2. The molecule has 1 heterocycles. The van der Waals surface area contributed by atoms with Crippen LogP contribution in [0.2, 0.25) is 0 Å². The van der Waals surface area contributed by atoms with Crippen LogP contribution >= 0.6 is 23.1 Å². The number of quaternary nitrogens is 1. The lowest BCUT2D eigenvalue weighted by Gasteiger charge is -2.22. The Morgan fingerprint density at radius 3 is 2.68 bits per heavy atom. The van der Waals surface area contributed by atoms with Gasteiger partial charge in [-0.1, -0.05) is 53.4 Å². The quantitative estimate of drug-likeness (QED) is 0.629. The average molecular weight is 338 g/mol. The van der Waals surface area contributed by atoms with Crippen LogP contribution in [0.15, 0.2) is 34.7 Å². The molecular formula is C14H20N5OS2+. The van der Waals surface area contributed by atoms with E-state index in [1.165, 1.54) is 33.6 Å². The van der Waals surface area contributed by atoms with Crippen molar-refractivity contribution in [2.24, 2.45) is 0 Å². The maximum Gasteiger partial charge on any atom is 0.230 e. The lowest BCUT2D eigenvalue weighted by molar-refractivity contribution is -0.890. The summed E-state index contributed by atoms with van der Waals surface area (Å²) in [5.74, 6) is 0.305. The first kappa shape index (κ1) is 16.7. The van der Waals surface area contributed by atoms with Gasteiger partial charge in [-0.05, 0) is 0 Å². The molecule has 0 spiro atoms. The lowest BCUT2D eigenvalue weighted by atomic mass is 10.1. The molecule has 0 unspecified atom stereocenters. The molecule has 0 bridgehead atoms. The van der Waals surface area contributed by atoms with Gasteiger partial charge >= 0.3 is 0 Å². The fourth-order valence-electron chi connectivity index (χ4n) is 2.01. The van der Waals surface area contributed by atoms with Crippen LogP contribution in [0.1, 0.15) is 11.6 Å². The zero-order valence-electron chi connectivity index (χ0n) is 12.6. The maximum absolute atomic E-state index is 12.0. The number of nitrogens with one attached hydrogen (secondary N) is 2. The van der Waals surface area contributed by atoms with Crippen LogP contribution in [0, 0.1) is 0 Å². The fourth-order valence-corrected chi connectivity index (χ4v) is 3.48. The summed E-state index contributed by atoms with van der Waals surface area (Å²) in [4.78, 5) is 13.2. The highest BCUT2D eigenvalue weighted by Gasteiger charge is 2.18. The van der Waals surface area contributed by atoms with E-state index in [0.717, 1.165) is 0 Å². The summed E-state index contributed by atoms with van der Waals surface area (Å²) < 4.78 is 0.713. The van der Waals surface area contributed by atoms with Crippen molar-refractivity contribution >= 4 is 34.1 Å². The third-order valence-electron chi connectivity index (χ3n) is 3.15. The van der Waals surface area contributed by atoms with E-state index in [2.05, 4.69) is 41.7 Å². The fraction of sp³-hybridized carbons (Fsp3) is 0.357. The van der Waals surface area contributed by atoms with Gasteiger partial charge in [0.05, 0.1) is 26.4 Å². The number of thioether (sulfide) groups is 1. The molecule has 6 nitrogen and oxygen atoms in total. The molecule has 22 heavy (non-hydrogen) atoms. The predicted octanol–water partition coefficient (Wildman–Crippen LogP) is 0.214. The lowest BCUT2D eigenvalue weighted by Crippen LogP contribution is -3.07. The molecule has 2 aromatic rings. The Kier molecular flexibility index (Phi) is 6.17. The highest BCUT2D eigenvalue weighted by molar-refractivity contribution is 8.01. The number of benzene rings is 1. The van der Waals surface area contributed by atoms with Crippen LogP contribution in [-0.4, -0.2) is 42.5 Å². The zero-order chi connectivity index (χ0) is 15.9. The van der Waals surface area contributed by atoms with Crippen molar-refractivity contribution in [1.82, 2.24) is 15.5 Å². The number of amides is 1. The monoisotopic (exact) mass is 338 g/mol. The van der Waals surface area contributed by atoms with Gasteiger partial charge in [0.15, 0.2) is 4.34 Å². The van der Waals surface area contributed by atoms with Crippen molar-refractivity contribution < 1.29 is 9.69 Å². The van der Waals surface area contributed by atoms with E-state index in [1.807, 2.05) is 18.2 Å². The average Bonchev–Trinajstić information content (AvgIpc) is 2.92. The van der Waals surface area contributed by atoms with Gasteiger partial charge in [0.1, 0.15) is 6.04 Å². The Morgan fingerprint density at radius 1 is 1.36 bits per heavy atom. The summed E-state index contributed by atoms with van der Waals surface area (Å²) >= 11 is 2.64. The van der Waals surface area contributed by atoms with Crippen molar-refractivity contribution in [3.63, 3.8) is 0 Å². The number of hydrogen-bond donors (Lipinski definition) is 3. The van der Waals surface area contributed by atoms with Crippen LogP contribution < -0.4 is 16.0 Å². The second kappa shape index (κ2) is 8.11. The molecule has 1 atom stereocenters. The topological polar surface area (TPSA) is 85.3 Å². The first-order valence-electron chi connectivity index (χ1n) is 6.89. The van der Waals surface area contributed by atoms with E-state index in [0.29, 0.717) is 21.8 Å². The summed E-state index contributed by atoms with van der Waals surface area (Å²) in [7, 11) is 4.17. The Balaban J connectivity index is 1.83. The summed E-state index contributed by atoms with van der Waals surface area (Å²) in [6.45, 7) is 0.601. The Morgan fingerprint density at radius 2 is 2.09 bits per heavy atom. The number of hydrogen-bond acceptors (Lipinski definition) is 6. The molecule has 118 valence electrons. The smallest absolute Gasteiger partial charge is 0.230 e. The van der Waals surface area contributed by atoms with Crippen molar-refractivity contribution in [1.29, 1.82) is 0 Å². The third kappa shape index (κ3) is 4.97. The number of carbonyl (C=O) groups is 1. The molecule has 8 heteroatoms. The Bertz CT molecular complexity index is 602. The highest BCUT2D eigenvalue weighted by Crippen LogP contribution is 2.22. The van der Waals surface area contributed by atoms with E-state index in [1.54, 1.807) is 0 Å². The molecule has 4 N–H and O–H groups in total. The second-order valence-corrected chi connectivity index (χ2v) is 7.27. The number of likely N-dealkylation sites (N-methyl/N-ethyl adjacent to an activating group) is 1. The molecule has 0 aliphatic heterocycles. The SMILES string of the molecule is C[NH+](C)[C@H](CNC(=O)CSc1nnc(N)s1)c1ccccc1. The maximum atomic E-state index is 12.0. The van der Waals surface area contributed by atoms with Gasteiger partial charge in [-0.25, -0.2) is 0 Å². The number of nitrogen functional groups attached to an aromatic ring is 1. The largest absolute Gasteiger partial charge is 0.374 e. The van der Waals surface area contributed by atoms with Crippen LogP contribution in [0.25, 0.3) is 0 Å². The van der Waals surface area contributed by atoms with E-state index >= 15 is 0 Å². The van der Waals surface area contributed by atoms with E-state index in [-0.39, 0.29) is 11.9 Å². The van der Waals surface area contributed by atoms with Crippen LogP contribution in [-0.2, 0) is 4.79 Å². The molecule has 0 radical (unpaired) electrons. The highest BCUT2D eigenvalue weighted by atomic mass is 32.2. The van der Waals surface area contributed by atoms with Crippen molar-refractivity contribution in [3.05, 3.63) is 35.9 Å². The van der Waals surface area contributed by atoms with E-state index in [9.17, 15) is 4.79 Å². The molecule has 0 saturated carbocycles. The Labute approximate surface area is 138 Å². The number of rotatable bonds is 7. The number of anilines is 1. The van der Waals surface area contributed by atoms with Gasteiger partial charge in [-0.2, -0.15) is 0 Å². The standard InChI is InChI=1S/C14H19N5OS2/c1-19(2)11(10-6-4-3-5-7-10)8-16-12(20)9-21-14-18-17-13(15)22-14/h3-7,11H,8-9H2,1-2H3,(H2,15,17)(H,16,20)/p+1/t11-/m1/s1. The second-order valence-electron chi connectivity index (χ2n) is 5.04. The Hall–Kier alpha value is -1.64. The van der Waals surface area contributed by atoms with Gasteiger partial charge < -0.3 is 16.0 Å². The molecule has 0 aliphatic carbocycles. The zero-order valence-corrected chi connectivity index (χ0v) is 14.2. The minimum absolute atomic E-state index is 0.0130. The van der Waals surface area contributed by atoms with Crippen molar-refractivity contribution in [2.75, 3.05) is 32.1 Å². The third-order valence-corrected chi connectivity index (χ3v) is 5.04. The normalized spacial score (nSPS) is 12.3. The summed E-state index contributed by atoms with van der Waals surface area (Å²) in [5, 5.41) is 11.0. The summed E-state index contributed by atoms with van der Waals surface area (Å²) in [5.41, 5.74) is 6.72. The molecule has 0 fully saturated rings. The minimum Gasteiger partial charge on any atom is -0.374 e. The van der Waals surface area contributed by atoms with Gasteiger partial charge in [-0.3, -0.25) is 4.79 Å². The molecule has 1 amide bonds. The first-order chi connectivity index (χ1) is 10.6. The van der Waals surface area contributed by atoms with E-state index < -0.39 is 0 Å². The molecular weight excluding hydrogens is 318 g/mol. The summed E-state index contributed by atoms with van der Waals surface area (Å²) in [6.07, 6.45) is 0. The van der Waals surface area contributed by atoms with Gasteiger partial charge in [-0.15, -0.1) is 10.2 Å². The molecule has 0 aliphatic rings. The molecule has 1 aromatic carbocycles. The predicted molar refractivity (Wildman–Crippen MR) is 90.0 cm³/mol. The minimum atomic E-state index is -0.0130. The van der Waals surface area contributed by atoms with E-state index in [4.69, 9.17) is 5.73 Å². The number of carbonyl (C=O) groups excluding carboxylic acids is 1. The number of nitrogens with zero attached hydrogens (tertiary/aromatic N) is 2. The summed E-state index contributed by atoms with van der Waals surface area (Å²) in [6, 6.07) is 10.4. The van der Waals surface area contributed by atoms with Crippen LogP contribution in [0.3, 0.4) is 0 Å². The molecule has 2 rings (SSSR count). The molecule has 0 saturated heterocycles. The van der Waals surface area contributed by atoms with Crippen molar-refractivity contribution in [3.8, 4) is 0 Å². The first-order valence-corrected chi connectivity index (χ1v) is 8.70. The van der Waals surface area contributed by atoms with Crippen LogP contribution in [0.4, 0.5) is 5.13 Å². The van der Waals surface area contributed by atoms with Gasteiger partial charge in [0.25, 0.3) is 0 Å². The van der Waals surface area contributed by atoms with Gasteiger partial charge in [0.2, 0.25) is 11.0 Å². The van der Waals surface area contributed by atoms with Crippen LogP contribution in [0.5, 0.6) is 0 Å². The number of nitrogens with two attached hydrogens (primary N) is 1. The van der Waals surface area contributed by atoms with Gasteiger partial charge in [0, 0.05) is 5.56 Å². The molecule has 1 aromatic heterocycles. The van der Waals surface area contributed by atoms with Crippen molar-refractivity contribution in [2.45, 2.75) is 10.4 Å².